The molecule has 1 unspecified atom stereocenters. The van der Waals surface area contributed by atoms with Crippen LogP contribution in [0.3, 0.4) is 0 Å². The maximum atomic E-state index is 12.8. The van der Waals surface area contributed by atoms with E-state index in [1.807, 2.05) is 43.3 Å². The largest absolute Gasteiger partial charge is 0.461 e. The predicted molar refractivity (Wildman–Crippen MR) is 120 cm³/mol. The fourth-order valence-corrected chi connectivity index (χ4v) is 4.80. The summed E-state index contributed by atoms with van der Waals surface area (Å²) in [5.41, 5.74) is 2.07. The van der Waals surface area contributed by atoms with E-state index in [1.165, 1.54) is 36.6 Å². The van der Waals surface area contributed by atoms with E-state index in [0.29, 0.717) is 11.8 Å². The number of carbonyl (C=O) groups is 1. The van der Waals surface area contributed by atoms with Crippen LogP contribution in [0.1, 0.15) is 57.6 Å². The van der Waals surface area contributed by atoms with Crippen molar-refractivity contribution in [1.82, 2.24) is 14.8 Å². The Balaban J connectivity index is 1.52. The van der Waals surface area contributed by atoms with Gasteiger partial charge in [0.2, 0.25) is 11.7 Å². The molecule has 1 aliphatic carbocycles. The van der Waals surface area contributed by atoms with Gasteiger partial charge in [0.15, 0.2) is 10.9 Å². The summed E-state index contributed by atoms with van der Waals surface area (Å²) >= 11 is 1.45. The van der Waals surface area contributed by atoms with Crippen LogP contribution in [-0.4, -0.2) is 25.9 Å². The minimum Gasteiger partial charge on any atom is -0.461 e. The van der Waals surface area contributed by atoms with Crippen LogP contribution in [0.25, 0.3) is 11.6 Å². The van der Waals surface area contributed by atoms with Crippen LogP contribution in [0.4, 0.5) is 5.69 Å². The van der Waals surface area contributed by atoms with Gasteiger partial charge in [-0.15, -0.1) is 10.2 Å². The molecule has 0 spiro atoms. The molecule has 1 atom stereocenters. The van der Waals surface area contributed by atoms with Crippen LogP contribution in [0.5, 0.6) is 0 Å². The Labute approximate surface area is 181 Å². The molecule has 0 saturated heterocycles. The van der Waals surface area contributed by atoms with Crippen molar-refractivity contribution in [3.05, 3.63) is 48.2 Å². The molecule has 1 amide bonds. The molecule has 0 bridgehead atoms. The number of hydrogen-bond acceptors (Lipinski definition) is 5. The quantitative estimate of drug-likeness (QED) is 0.491. The lowest BCUT2D eigenvalue weighted by Gasteiger charge is -2.25. The van der Waals surface area contributed by atoms with E-state index in [9.17, 15) is 4.79 Å². The summed E-state index contributed by atoms with van der Waals surface area (Å²) in [5.74, 6) is 1.42. The number of hydrogen-bond donors (Lipinski definition) is 1. The number of nitrogens with zero attached hydrogens (tertiary/aromatic N) is 3. The van der Waals surface area contributed by atoms with E-state index in [2.05, 4.69) is 27.0 Å². The fourth-order valence-electron chi connectivity index (χ4n) is 3.88. The lowest BCUT2D eigenvalue weighted by molar-refractivity contribution is -0.115. The first-order valence-corrected chi connectivity index (χ1v) is 11.6. The van der Waals surface area contributed by atoms with Crippen molar-refractivity contribution in [2.75, 3.05) is 5.32 Å². The number of amides is 1. The van der Waals surface area contributed by atoms with Gasteiger partial charge >= 0.3 is 0 Å². The van der Waals surface area contributed by atoms with Gasteiger partial charge in [-0.05, 0) is 56.0 Å². The molecule has 4 rings (SSSR count). The molecule has 1 saturated carbocycles. The summed E-state index contributed by atoms with van der Waals surface area (Å²) in [6.07, 6.45) is 8.51. The zero-order valence-electron chi connectivity index (χ0n) is 17.5. The summed E-state index contributed by atoms with van der Waals surface area (Å²) in [6.45, 7) is 4.03. The van der Waals surface area contributed by atoms with Crippen LogP contribution in [0.2, 0.25) is 0 Å². The molecular formula is C23H28N4O2S. The third kappa shape index (κ3) is 4.61. The van der Waals surface area contributed by atoms with Gasteiger partial charge in [0.05, 0.1) is 11.5 Å². The maximum absolute atomic E-state index is 12.8. The summed E-state index contributed by atoms with van der Waals surface area (Å²) in [6, 6.07) is 12.1. The van der Waals surface area contributed by atoms with Gasteiger partial charge in [-0.25, -0.2) is 0 Å². The van der Waals surface area contributed by atoms with E-state index >= 15 is 0 Å². The summed E-state index contributed by atoms with van der Waals surface area (Å²) in [5, 5.41) is 12.3. The third-order valence-electron chi connectivity index (χ3n) is 5.63. The molecular weight excluding hydrogens is 396 g/mol. The molecule has 0 radical (unpaired) electrons. The number of anilines is 1. The maximum Gasteiger partial charge on any atom is 0.237 e. The number of aromatic nitrogens is 3. The molecule has 1 fully saturated rings. The van der Waals surface area contributed by atoms with Gasteiger partial charge in [-0.1, -0.05) is 50.1 Å². The second kappa shape index (κ2) is 9.51. The van der Waals surface area contributed by atoms with E-state index < -0.39 is 0 Å². The lowest BCUT2D eigenvalue weighted by atomic mass is 9.95. The van der Waals surface area contributed by atoms with E-state index in [4.69, 9.17) is 4.42 Å². The van der Waals surface area contributed by atoms with E-state index in [0.717, 1.165) is 35.9 Å². The molecule has 0 aliphatic heterocycles. The normalized spacial score (nSPS) is 15.8. The Kier molecular flexibility index (Phi) is 6.57. The average molecular weight is 425 g/mol. The Morgan fingerprint density at radius 1 is 1.20 bits per heavy atom. The lowest BCUT2D eigenvalue weighted by Crippen LogP contribution is -2.23. The molecule has 6 nitrogen and oxygen atoms in total. The molecule has 30 heavy (non-hydrogen) atoms. The second-order valence-electron chi connectivity index (χ2n) is 7.75. The Morgan fingerprint density at radius 3 is 2.63 bits per heavy atom. The van der Waals surface area contributed by atoms with Crippen molar-refractivity contribution in [3.8, 4) is 11.6 Å². The summed E-state index contributed by atoms with van der Waals surface area (Å²) in [7, 11) is 0. The number of thioether (sulfide) groups is 1. The zero-order valence-corrected chi connectivity index (χ0v) is 18.3. The molecule has 158 valence electrons. The molecule has 2 heterocycles. The van der Waals surface area contributed by atoms with Crippen LogP contribution >= 0.6 is 11.8 Å². The highest BCUT2D eigenvalue weighted by Crippen LogP contribution is 2.36. The number of furan rings is 1. The van der Waals surface area contributed by atoms with Crippen molar-refractivity contribution in [2.45, 2.75) is 68.8 Å². The Hall–Kier alpha value is -2.54. The average Bonchev–Trinajstić information content (AvgIpc) is 3.44. The number of nitrogens with one attached hydrogen (secondary N) is 1. The predicted octanol–water partition coefficient (Wildman–Crippen LogP) is 5.73. The minimum absolute atomic E-state index is 0.0398. The first-order chi connectivity index (χ1) is 14.7. The molecule has 1 N–H and O–H groups in total. The van der Waals surface area contributed by atoms with Crippen molar-refractivity contribution in [3.63, 3.8) is 0 Å². The number of benzene rings is 1. The SMILES string of the molecule is CCc1ccc(NC(=O)C(C)Sc2nnc(-c3ccco3)n2C2CCCCC2)cc1. The second-order valence-corrected chi connectivity index (χ2v) is 9.05. The van der Waals surface area contributed by atoms with Gasteiger partial charge in [-0.2, -0.15) is 0 Å². The van der Waals surface area contributed by atoms with Crippen molar-refractivity contribution >= 4 is 23.4 Å². The highest BCUT2D eigenvalue weighted by Gasteiger charge is 2.27. The molecule has 1 aliphatic rings. The van der Waals surface area contributed by atoms with Gasteiger partial charge in [-0.3, -0.25) is 9.36 Å². The smallest absolute Gasteiger partial charge is 0.237 e. The van der Waals surface area contributed by atoms with Crippen LogP contribution in [-0.2, 0) is 11.2 Å². The van der Waals surface area contributed by atoms with Crippen LogP contribution < -0.4 is 5.32 Å². The molecule has 2 aromatic heterocycles. The molecule has 1 aromatic carbocycles. The molecule has 7 heteroatoms. The highest BCUT2D eigenvalue weighted by molar-refractivity contribution is 8.00. The van der Waals surface area contributed by atoms with Crippen LogP contribution in [0.15, 0.2) is 52.2 Å². The molecule has 3 aromatic rings. The summed E-state index contributed by atoms with van der Waals surface area (Å²) in [4.78, 5) is 12.8. The van der Waals surface area contributed by atoms with Gasteiger partial charge in [0.1, 0.15) is 0 Å². The van der Waals surface area contributed by atoms with Crippen molar-refractivity contribution < 1.29 is 9.21 Å². The topological polar surface area (TPSA) is 73.0 Å². The van der Waals surface area contributed by atoms with Crippen molar-refractivity contribution in [2.24, 2.45) is 0 Å². The van der Waals surface area contributed by atoms with E-state index in [1.54, 1.807) is 6.26 Å². The minimum atomic E-state index is -0.299. The Morgan fingerprint density at radius 2 is 1.97 bits per heavy atom. The Bertz CT molecular complexity index is 960. The third-order valence-corrected chi connectivity index (χ3v) is 6.68. The highest BCUT2D eigenvalue weighted by atomic mass is 32.2. The standard InChI is InChI=1S/C23H28N4O2S/c1-3-17-11-13-18(14-12-17)24-22(28)16(2)30-23-26-25-21(20-10-7-15-29-20)27(23)19-8-5-4-6-9-19/h7,10-16,19H,3-6,8-9H2,1-2H3,(H,24,28). The van der Waals surface area contributed by atoms with Gasteiger partial charge < -0.3 is 9.73 Å². The van der Waals surface area contributed by atoms with Crippen molar-refractivity contribution in [1.29, 1.82) is 0 Å². The first kappa shape index (κ1) is 20.7. The van der Waals surface area contributed by atoms with E-state index in [-0.39, 0.29) is 11.2 Å². The zero-order chi connectivity index (χ0) is 20.9. The number of aryl methyl sites for hydroxylation is 1. The first-order valence-electron chi connectivity index (χ1n) is 10.7. The fraction of sp³-hybridized carbons (Fsp3) is 0.435. The van der Waals surface area contributed by atoms with Crippen LogP contribution in [0, 0.1) is 0 Å². The summed E-state index contributed by atoms with van der Waals surface area (Å²) < 4.78 is 7.79. The number of carbonyl (C=O) groups excluding carboxylic acids is 1. The monoisotopic (exact) mass is 424 g/mol. The number of rotatable bonds is 7. The van der Waals surface area contributed by atoms with Gasteiger partial charge in [0.25, 0.3) is 0 Å². The van der Waals surface area contributed by atoms with Gasteiger partial charge in [0, 0.05) is 11.7 Å².